The number of nitrogens with zero attached hydrogens (tertiary/aromatic N) is 1. The third kappa shape index (κ3) is 2.01. The topological polar surface area (TPSA) is 50.9 Å². The second-order valence-electron chi connectivity index (χ2n) is 5.32. The molecule has 88 valence electrons. The zero-order valence-electron chi connectivity index (χ0n) is 9.65. The van der Waals surface area contributed by atoms with Crippen molar-refractivity contribution in [2.45, 2.75) is 38.6 Å². The second kappa shape index (κ2) is 4.09. The lowest BCUT2D eigenvalue weighted by Gasteiger charge is -2.23. The van der Waals surface area contributed by atoms with Crippen molar-refractivity contribution in [3.63, 3.8) is 0 Å². The van der Waals surface area contributed by atoms with E-state index in [1.54, 1.807) is 11.3 Å². The number of rotatable bonds is 4. The average Bonchev–Trinajstić information content (AvgIpc) is 2.71. The maximum absolute atomic E-state index is 5.69. The van der Waals surface area contributed by atoms with Gasteiger partial charge in [-0.2, -0.15) is 0 Å². The first-order valence-electron chi connectivity index (χ1n) is 6.13. The molecule has 3 atom stereocenters. The van der Waals surface area contributed by atoms with Gasteiger partial charge in [0.15, 0.2) is 0 Å². The Morgan fingerprint density at radius 3 is 2.81 bits per heavy atom. The maximum Gasteiger partial charge on any atom is 0.0897 e. The van der Waals surface area contributed by atoms with E-state index in [1.807, 2.05) is 0 Å². The van der Waals surface area contributed by atoms with E-state index in [2.05, 4.69) is 22.7 Å². The van der Waals surface area contributed by atoms with Crippen LogP contribution in [0.15, 0.2) is 5.38 Å². The third-order valence-corrected chi connectivity index (χ3v) is 4.98. The first kappa shape index (κ1) is 10.7. The molecule has 3 N–H and O–H groups in total. The average molecular weight is 237 g/mol. The zero-order valence-corrected chi connectivity index (χ0v) is 10.5. The first-order chi connectivity index (χ1) is 7.76. The van der Waals surface area contributed by atoms with Gasteiger partial charge < -0.3 is 0 Å². The van der Waals surface area contributed by atoms with Crippen LogP contribution in [0.4, 0.5) is 0 Å². The van der Waals surface area contributed by atoms with Gasteiger partial charge in [0.1, 0.15) is 0 Å². The summed E-state index contributed by atoms with van der Waals surface area (Å²) in [6.45, 7) is 2.06. The largest absolute Gasteiger partial charge is 0.271 e. The predicted molar refractivity (Wildman–Crippen MR) is 66.0 cm³/mol. The minimum absolute atomic E-state index is 0.425. The molecule has 2 aliphatic carbocycles. The summed E-state index contributed by atoms with van der Waals surface area (Å²) < 4.78 is 0. The van der Waals surface area contributed by atoms with Gasteiger partial charge in [-0.05, 0) is 43.9 Å². The number of hydrazine groups is 1. The molecule has 0 spiro atoms. The molecule has 16 heavy (non-hydrogen) atoms. The molecule has 2 fully saturated rings. The molecule has 3 unspecified atom stereocenters. The summed E-state index contributed by atoms with van der Waals surface area (Å²) >= 11 is 1.73. The third-order valence-electron chi connectivity index (χ3n) is 4.16. The summed E-state index contributed by atoms with van der Waals surface area (Å²) in [4.78, 5) is 4.52. The van der Waals surface area contributed by atoms with Crippen LogP contribution in [0.3, 0.4) is 0 Å². The van der Waals surface area contributed by atoms with Crippen LogP contribution in [-0.2, 0) is 6.42 Å². The van der Waals surface area contributed by atoms with Crippen molar-refractivity contribution in [1.29, 1.82) is 0 Å². The Kier molecular flexibility index (Phi) is 2.73. The molecule has 0 aliphatic heterocycles. The van der Waals surface area contributed by atoms with E-state index in [0.29, 0.717) is 6.04 Å². The van der Waals surface area contributed by atoms with Gasteiger partial charge in [0.2, 0.25) is 0 Å². The summed E-state index contributed by atoms with van der Waals surface area (Å²) in [5.41, 5.74) is 4.21. The Balaban J connectivity index is 1.62. The standard InChI is InChI=1S/C12H19N3S/c1-7-14-11(6-16-7)5-12(15-13)10-3-8-2-9(8)4-10/h6,8-10,12,15H,2-5,13H2,1H3. The Morgan fingerprint density at radius 1 is 1.50 bits per heavy atom. The van der Waals surface area contributed by atoms with Crippen LogP contribution in [0.1, 0.15) is 30.0 Å². The van der Waals surface area contributed by atoms with Crippen LogP contribution in [0.25, 0.3) is 0 Å². The van der Waals surface area contributed by atoms with Gasteiger partial charge in [-0.3, -0.25) is 11.3 Å². The molecule has 3 nitrogen and oxygen atoms in total. The van der Waals surface area contributed by atoms with E-state index >= 15 is 0 Å². The van der Waals surface area contributed by atoms with Crippen LogP contribution < -0.4 is 11.3 Å². The Bertz CT molecular complexity index is 366. The van der Waals surface area contributed by atoms with Crippen molar-refractivity contribution >= 4 is 11.3 Å². The highest BCUT2D eigenvalue weighted by atomic mass is 32.1. The normalized spacial score (nSPS) is 33.8. The van der Waals surface area contributed by atoms with Crippen molar-refractivity contribution in [1.82, 2.24) is 10.4 Å². The number of fused-ring (bicyclic) bond motifs is 1. The summed E-state index contributed by atoms with van der Waals surface area (Å²) in [5, 5.41) is 3.31. The highest BCUT2D eigenvalue weighted by molar-refractivity contribution is 7.09. The van der Waals surface area contributed by atoms with Crippen molar-refractivity contribution < 1.29 is 0 Å². The predicted octanol–water partition coefficient (Wildman–Crippen LogP) is 1.87. The first-order valence-corrected chi connectivity index (χ1v) is 7.01. The fraction of sp³-hybridized carbons (Fsp3) is 0.750. The fourth-order valence-corrected chi connectivity index (χ4v) is 3.80. The molecule has 0 saturated heterocycles. The molecule has 1 heterocycles. The summed E-state index contributed by atoms with van der Waals surface area (Å²) in [5.74, 6) is 8.52. The molecule has 1 aromatic rings. The molecule has 0 aromatic carbocycles. The Labute approximate surface area is 100 Å². The summed E-state index contributed by atoms with van der Waals surface area (Å²) in [7, 11) is 0. The van der Waals surface area contributed by atoms with Crippen molar-refractivity contribution in [2.24, 2.45) is 23.6 Å². The van der Waals surface area contributed by atoms with E-state index in [4.69, 9.17) is 5.84 Å². The quantitative estimate of drug-likeness (QED) is 0.621. The molecular weight excluding hydrogens is 218 g/mol. The van der Waals surface area contributed by atoms with Crippen molar-refractivity contribution in [3.05, 3.63) is 16.1 Å². The van der Waals surface area contributed by atoms with E-state index < -0.39 is 0 Å². The molecule has 4 heteroatoms. The summed E-state index contributed by atoms with van der Waals surface area (Å²) in [6, 6.07) is 0.425. The number of aryl methyl sites for hydroxylation is 1. The lowest BCUT2D eigenvalue weighted by atomic mass is 9.92. The SMILES string of the molecule is Cc1nc(CC(NN)C2CC3CC3C2)cs1. The smallest absolute Gasteiger partial charge is 0.0897 e. The summed E-state index contributed by atoms with van der Waals surface area (Å²) in [6.07, 6.45) is 5.22. The van der Waals surface area contributed by atoms with Crippen molar-refractivity contribution in [3.8, 4) is 0 Å². The molecule has 2 aliphatic rings. The lowest BCUT2D eigenvalue weighted by Crippen LogP contribution is -2.42. The van der Waals surface area contributed by atoms with E-state index in [1.165, 1.54) is 25.0 Å². The monoisotopic (exact) mass is 237 g/mol. The van der Waals surface area contributed by atoms with Crippen LogP contribution >= 0.6 is 11.3 Å². The van der Waals surface area contributed by atoms with Gasteiger partial charge in [-0.25, -0.2) is 4.98 Å². The van der Waals surface area contributed by atoms with Gasteiger partial charge in [0.05, 0.1) is 10.7 Å². The van der Waals surface area contributed by atoms with Crippen LogP contribution in [0.2, 0.25) is 0 Å². The van der Waals surface area contributed by atoms with Gasteiger partial charge in [-0.1, -0.05) is 0 Å². The molecular formula is C12H19N3S. The van der Waals surface area contributed by atoms with Gasteiger partial charge in [0, 0.05) is 17.8 Å². The lowest BCUT2D eigenvalue weighted by molar-refractivity contribution is 0.334. The highest BCUT2D eigenvalue weighted by Crippen LogP contribution is 2.55. The molecule has 0 bridgehead atoms. The van der Waals surface area contributed by atoms with E-state index in [0.717, 1.165) is 29.2 Å². The number of hydrogen-bond donors (Lipinski definition) is 2. The van der Waals surface area contributed by atoms with Crippen LogP contribution in [-0.4, -0.2) is 11.0 Å². The van der Waals surface area contributed by atoms with Crippen LogP contribution in [0, 0.1) is 24.7 Å². The zero-order chi connectivity index (χ0) is 11.1. The molecule has 0 amide bonds. The maximum atomic E-state index is 5.69. The molecule has 1 aromatic heterocycles. The highest BCUT2D eigenvalue weighted by Gasteiger charge is 2.47. The molecule has 0 radical (unpaired) electrons. The number of aromatic nitrogens is 1. The minimum Gasteiger partial charge on any atom is -0.271 e. The number of nitrogens with one attached hydrogen (secondary N) is 1. The second-order valence-corrected chi connectivity index (χ2v) is 6.38. The van der Waals surface area contributed by atoms with Crippen LogP contribution in [0.5, 0.6) is 0 Å². The van der Waals surface area contributed by atoms with Gasteiger partial charge in [-0.15, -0.1) is 11.3 Å². The Hall–Kier alpha value is -0.450. The minimum atomic E-state index is 0.425. The number of thiazole rings is 1. The number of nitrogens with two attached hydrogens (primary N) is 1. The number of hydrogen-bond acceptors (Lipinski definition) is 4. The van der Waals surface area contributed by atoms with Gasteiger partial charge in [0.25, 0.3) is 0 Å². The molecule has 2 saturated carbocycles. The van der Waals surface area contributed by atoms with Gasteiger partial charge >= 0.3 is 0 Å². The van der Waals surface area contributed by atoms with E-state index in [-0.39, 0.29) is 0 Å². The molecule has 3 rings (SSSR count). The fourth-order valence-electron chi connectivity index (χ4n) is 3.18. The Morgan fingerprint density at radius 2 is 2.25 bits per heavy atom. The van der Waals surface area contributed by atoms with E-state index in [9.17, 15) is 0 Å². The van der Waals surface area contributed by atoms with Crippen molar-refractivity contribution in [2.75, 3.05) is 0 Å².